The third kappa shape index (κ3) is 4.98. The molecule has 1 aliphatic heterocycles. The molecule has 2 aromatic carbocycles. The maximum Gasteiger partial charge on any atom is 0.246 e. The number of carbonyl (C=O) groups is 1. The number of hydrogen-bond donors (Lipinski definition) is 2. The summed E-state index contributed by atoms with van der Waals surface area (Å²) in [5.41, 5.74) is 1.89. The van der Waals surface area contributed by atoms with E-state index in [1.54, 1.807) is 17.0 Å². The summed E-state index contributed by atoms with van der Waals surface area (Å²) in [6, 6.07) is 9.08. The van der Waals surface area contributed by atoms with E-state index in [1.807, 2.05) is 18.2 Å². The van der Waals surface area contributed by atoms with Gasteiger partial charge in [0, 0.05) is 55.4 Å². The molecule has 0 bridgehead atoms. The molecular weight excluding hydrogens is 433 g/mol. The number of halogens is 3. The summed E-state index contributed by atoms with van der Waals surface area (Å²) in [4.78, 5) is 15.7. The highest BCUT2D eigenvalue weighted by Crippen LogP contribution is 2.45. The maximum atomic E-state index is 11.7. The molecule has 0 unspecified atom stereocenters. The van der Waals surface area contributed by atoms with Crippen LogP contribution in [0.3, 0.4) is 0 Å². The lowest BCUT2D eigenvalue weighted by Gasteiger charge is -2.34. The van der Waals surface area contributed by atoms with Crippen LogP contribution in [-0.4, -0.2) is 60.1 Å². The third-order valence-electron chi connectivity index (χ3n) is 4.95. The number of rotatable bonds is 6. The smallest absolute Gasteiger partial charge is 0.246 e. The Hall–Kier alpha value is -1.92. The topological polar surface area (TPSA) is 55.8 Å². The van der Waals surface area contributed by atoms with Gasteiger partial charge in [0.2, 0.25) is 5.91 Å². The van der Waals surface area contributed by atoms with E-state index in [4.69, 9.17) is 34.8 Å². The maximum absolute atomic E-state index is 11.7. The van der Waals surface area contributed by atoms with Gasteiger partial charge in [-0.25, -0.2) is 0 Å². The van der Waals surface area contributed by atoms with Gasteiger partial charge >= 0.3 is 0 Å². The van der Waals surface area contributed by atoms with Crippen LogP contribution in [0.1, 0.15) is 0 Å². The molecule has 0 spiro atoms. The lowest BCUT2D eigenvalue weighted by molar-refractivity contribution is -0.127. The van der Waals surface area contributed by atoms with Gasteiger partial charge in [-0.2, -0.15) is 0 Å². The molecule has 1 aliphatic rings. The molecule has 3 rings (SSSR count). The summed E-state index contributed by atoms with van der Waals surface area (Å²) in [6.07, 6.45) is 1.35. The SMILES string of the molecule is C=CC(=O)N1CCN(CCNc2cc(-c3ccccc3Cl)c(Cl)c(Cl)c2O)CC1. The van der Waals surface area contributed by atoms with Gasteiger partial charge in [0.15, 0.2) is 5.75 Å². The highest BCUT2D eigenvalue weighted by molar-refractivity contribution is 6.45. The van der Waals surface area contributed by atoms with E-state index >= 15 is 0 Å². The number of phenolic OH excluding ortho intramolecular Hbond substituents is 1. The minimum atomic E-state index is -0.0890. The fourth-order valence-electron chi connectivity index (χ4n) is 3.30. The fourth-order valence-corrected chi connectivity index (χ4v) is 3.98. The monoisotopic (exact) mass is 453 g/mol. The van der Waals surface area contributed by atoms with Crippen molar-refractivity contribution in [1.82, 2.24) is 9.80 Å². The Labute approximate surface area is 185 Å². The van der Waals surface area contributed by atoms with Gasteiger partial charge in [0.1, 0.15) is 5.02 Å². The van der Waals surface area contributed by atoms with E-state index in [-0.39, 0.29) is 21.7 Å². The fraction of sp³-hybridized carbons (Fsp3) is 0.286. The normalized spacial score (nSPS) is 14.7. The first-order valence-electron chi connectivity index (χ1n) is 9.25. The first-order valence-corrected chi connectivity index (χ1v) is 10.4. The Kier molecular flexibility index (Phi) is 7.30. The van der Waals surface area contributed by atoms with E-state index < -0.39 is 0 Å². The molecule has 8 heteroatoms. The summed E-state index contributed by atoms with van der Waals surface area (Å²) >= 11 is 18.9. The lowest BCUT2D eigenvalue weighted by Crippen LogP contribution is -2.49. The Morgan fingerprint density at radius 3 is 2.45 bits per heavy atom. The van der Waals surface area contributed by atoms with Crippen molar-refractivity contribution >= 4 is 46.4 Å². The van der Waals surface area contributed by atoms with E-state index in [0.717, 1.165) is 25.2 Å². The number of piperazine rings is 1. The van der Waals surface area contributed by atoms with Gasteiger partial charge < -0.3 is 15.3 Å². The second-order valence-electron chi connectivity index (χ2n) is 6.73. The first kappa shape index (κ1) is 21.8. The average Bonchev–Trinajstić information content (AvgIpc) is 2.74. The van der Waals surface area contributed by atoms with Crippen molar-refractivity contribution in [1.29, 1.82) is 0 Å². The van der Waals surface area contributed by atoms with Crippen LogP contribution in [0.2, 0.25) is 15.1 Å². The third-order valence-corrected chi connectivity index (χ3v) is 6.13. The predicted molar refractivity (Wildman–Crippen MR) is 120 cm³/mol. The molecule has 154 valence electrons. The molecule has 1 amide bonds. The molecule has 0 saturated carbocycles. The van der Waals surface area contributed by atoms with Crippen molar-refractivity contribution in [3.05, 3.63) is 58.1 Å². The largest absolute Gasteiger partial charge is 0.504 e. The molecule has 1 saturated heterocycles. The standard InChI is InChI=1S/C21H22Cl3N3O2/c1-2-18(28)27-11-9-26(10-12-27)8-7-25-17-13-15(19(23)20(24)21(17)29)14-5-3-4-6-16(14)22/h2-6,13,25,29H,1,7-12H2. The van der Waals surface area contributed by atoms with Crippen LogP contribution < -0.4 is 5.32 Å². The Bertz CT molecular complexity index is 912. The molecule has 2 aromatic rings. The molecule has 1 fully saturated rings. The minimum Gasteiger partial charge on any atom is -0.504 e. The summed E-state index contributed by atoms with van der Waals surface area (Å²) in [5.74, 6) is -0.121. The van der Waals surface area contributed by atoms with Gasteiger partial charge in [0.25, 0.3) is 0 Å². The van der Waals surface area contributed by atoms with Gasteiger partial charge in [-0.15, -0.1) is 0 Å². The van der Waals surface area contributed by atoms with E-state index in [9.17, 15) is 9.90 Å². The average molecular weight is 455 g/mol. The number of hydrogen-bond acceptors (Lipinski definition) is 4. The van der Waals surface area contributed by atoms with Gasteiger partial charge in [-0.1, -0.05) is 59.6 Å². The zero-order valence-corrected chi connectivity index (χ0v) is 18.1. The summed E-state index contributed by atoms with van der Waals surface area (Å²) in [7, 11) is 0. The molecule has 5 nitrogen and oxygen atoms in total. The number of nitrogens with one attached hydrogen (secondary N) is 1. The first-order chi connectivity index (χ1) is 13.9. The molecular formula is C21H22Cl3N3O2. The van der Waals surface area contributed by atoms with Gasteiger partial charge in [-0.05, 0) is 18.2 Å². The van der Waals surface area contributed by atoms with Gasteiger partial charge in [0.05, 0.1) is 10.7 Å². The Morgan fingerprint density at radius 1 is 1.10 bits per heavy atom. The molecule has 1 heterocycles. The van der Waals surface area contributed by atoms with Crippen LogP contribution >= 0.6 is 34.8 Å². The number of carbonyl (C=O) groups excluding carboxylic acids is 1. The second-order valence-corrected chi connectivity index (χ2v) is 7.89. The lowest BCUT2D eigenvalue weighted by atomic mass is 10.0. The van der Waals surface area contributed by atoms with Gasteiger partial charge in [-0.3, -0.25) is 9.69 Å². The van der Waals surface area contributed by atoms with E-state index in [2.05, 4.69) is 16.8 Å². The second kappa shape index (κ2) is 9.72. The van der Waals surface area contributed by atoms with Crippen molar-refractivity contribution in [3.63, 3.8) is 0 Å². The van der Waals surface area contributed by atoms with Crippen LogP contribution in [0.5, 0.6) is 5.75 Å². The summed E-state index contributed by atoms with van der Waals surface area (Å²) in [5, 5.41) is 14.5. The molecule has 0 atom stereocenters. The van der Waals surface area contributed by atoms with Crippen LogP contribution in [0.25, 0.3) is 11.1 Å². The van der Waals surface area contributed by atoms with Crippen molar-refractivity contribution in [2.45, 2.75) is 0 Å². The van der Waals surface area contributed by atoms with Crippen molar-refractivity contribution in [2.24, 2.45) is 0 Å². The molecule has 0 radical (unpaired) electrons. The minimum absolute atomic E-state index is 0.0318. The predicted octanol–water partition coefficient (Wildman–Crippen LogP) is 4.76. The molecule has 2 N–H and O–H groups in total. The number of benzene rings is 2. The van der Waals surface area contributed by atoms with Crippen molar-refractivity contribution < 1.29 is 9.90 Å². The number of nitrogens with zero attached hydrogens (tertiary/aromatic N) is 2. The summed E-state index contributed by atoms with van der Waals surface area (Å²) < 4.78 is 0. The van der Waals surface area contributed by atoms with Crippen molar-refractivity contribution in [2.75, 3.05) is 44.6 Å². The summed E-state index contributed by atoms with van der Waals surface area (Å²) in [6.45, 7) is 7.83. The number of phenols is 1. The zero-order valence-electron chi connectivity index (χ0n) is 15.8. The van der Waals surface area contributed by atoms with Crippen LogP contribution in [-0.2, 0) is 4.79 Å². The Morgan fingerprint density at radius 2 is 1.79 bits per heavy atom. The Balaban J connectivity index is 1.67. The molecule has 0 aliphatic carbocycles. The van der Waals surface area contributed by atoms with Crippen LogP contribution in [0.15, 0.2) is 43.0 Å². The molecule has 0 aromatic heterocycles. The highest BCUT2D eigenvalue weighted by Gasteiger charge is 2.20. The highest BCUT2D eigenvalue weighted by atomic mass is 35.5. The zero-order chi connectivity index (χ0) is 21.0. The van der Waals surface area contributed by atoms with E-state index in [0.29, 0.717) is 35.9 Å². The molecule has 29 heavy (non-hydrogen) atoms. The number of anilines is 1. The van der Waals surface area contributed by atoms with Crippen LogP contribution in [0.4, 0.5) is 5.69 Å². The number of amides is 1. The van der Waals surface area contributed by atoms with Crippen LogP contribution in [0, 0.1) is 0 Å². The van der Waals surface area contributed by atoms with E-state index in [1.165, 1.54) is 6.08 Å². The quantitative estimate of drug-likeness (QED) is 0.488. The van der Waals surface area contributed by atoms with Crippen molar-refractivity contribution in [3.8, 4) is 16.9 Å². The number of aromatic hydroxyl groups is 1.